The van der Waals surface area contributed by atoms with Crippen LogP contribution in [0.25, 0.3) is 0 Å². The van der Waals surface area contributed by atoms with Crippen LogP contribution in [0.15, 0.2) is 12.7 Å². The summed E-state index contributed by atoms with van der Waals surface area (Å²) in [5, 5.41) is 24.9. The van der Waals surface area contributed by atoms with Crippen molar-refractivity contribution >= 4 is 11.8 Å². The highest BCUT2D eigenvalue weighted by atomic mass is 16.3. The van der Waals surface area contributed by atoms with E-state index in [9.17, 15) is 19.8 Å². The Morgan fingerprint density at radius 2 is 1.96 bits per heavy atom. The normalized spacial score (nSPS) is 14.6. The molecule has 0 radical (unpaired) electrons. The van der Waals surface area contributed by atoms with E-state index in [0.717, 1.165) is 19.3 Å². The van der Waals surface area contributed by atoms with Crippen molar-refractivity contribution in [1.82, 2.24) is 10.6 Å². The van der Waals surface area contributed by atoms with E-state index < -0.39 is 17.4 Å². The summed E-state index contributed by atoms with van der Waals surface area (Å²) in [6.45, 7) is 7.86. The molecular weight excluding hydrogens is 296 g/mol. The first-order valence-corrected chi connectivity index (χ1v) is 8.35. The third kappa shape index (κ3) is 8.71. The molecule has 0 aromatic rings. The number of aliphatic hydroxyl groups is 2. The molecule has 0 spiro atoms. The van der Waals surface area contributed by atoms with Crippen LogP contribution < -0.4 is 10.6 Å². The minimum atomic E-state index is -1.32. The lowest BCUT2D eigenvalue weighted by Gasteiger charge is -2.31. The molecule has 0 aliphatic rings. The monoisotopic (exact) mass is 328 g/mol. The minimum absolute atomic E-state index is 0.118. The highest BCUT2D eigenvalue weighted by Crippen LogP contribution is 2.27. The third-order valence-corrected chi connectivity index (χ3v) is 3.94. The van der Waals surface area contributed by atoms with Crippen LogP contribution >= 0.6 is 0 Å². The van der Waals surface area contributed by atoms with Crippen LogP contribution in [0.1, 0.15) is 52.4 Å². The number of nitrogens with one attached hydrogen (secondary N) is 2. The van der Waals surface area contributed by atoms with Gasteiger partial charge in [0.25, 0.3) is 0 Å². The Balaban J connectivity index is 4.12. The summed E-state index contributed by atoms with van der Waals surface area (Å²) in [5.74, 6) is -0.683. The van der Waals surface area contributed by atoms with Gasteiger partial charge in [-0.15, -0.1) is 6.58 Å². The molecule has 0 aliphatic heterocycles. The van der Waals surface area contributed by atoms with Gasteiger partial charge in [0, 0.05) is 24.9 Å². The topological polar surface area (TPSA) is 98.7 Å². The molecule has 0 fully saturated rings. The summed E-state index contributed by atoms with van der Waals surface area (Å²) < 4.78 is 0. The molecule has 4 N–H and O–H groups in total. The van der Waals surface area contributed by atoms with Gasteiger partial charge in [0.15, 0.2) is 0 Å². The molecule has 2 amide bonds. The van der Waals surface area contributed by atoms with Crippen molar-refractivity contribution in [2.24, 2.45) is 5.41 Å². The second-order valence-electron chi connectivity index (χ2n) is 6.14. The van der Waals surface area contributed by atoms with E-state index in [4.69, 9.17) is 0 Å². The predicted molar refractivity (Wildman–Crippen MR) is 90.8 cm³/mol. The first-order valence-electron chi connectivity index (χ1n) is 8.35. The SMILES string of the molecule is C=CCC[C@](C)(CO)[C@@H](O)C(=O)NCCC(=O)NCCCCC. The number of allylic oxidation sites excluding steroid dienone is 1. The Morgan fingerprint density at radius 1 is 1.26 bits per heavy atom. The van der Waals surface area contributed by atoms with Gasteiger partial charge in [0.1, 0.15) is 6.10 Å². The number of hydrogen-bond acceptors (Lipinski definition) is 4. The van der Waals surface area contributed by atoms with E-state index in [1.807, 2.05) is 0 Å². The van der Waals surface area contributed by atoms with Crippen molar-refractivity contribution in [3.63, 3.8) is 0 Å². The number of carbonyl (C=O) groups excluding carboxylic acids is 2. The molecule has 0 saturated carbocycles. The fourth-order valence-corrected chi connectivity index (χ4v) is 2.14. The van der Waals surface area contributed by atoms with Gasteiger partial charge in [-0.25, -0.2) is 0 Å². The van der Waals surface area contributed by atoms with Crippen LogP contribution in [-0.4, -0.2) is 47.8 Å². The summed E-state index contributed by atoms with van der Waals surface area (Å²) in [6.07, 6.45) is 4.72. The van der Waals surface area contributed by atoms with Crippen LogP contribution in [0.3, 0.4) is 0 Å². The van der Waals surface area contributed by atoms with E-state index in [1.54, 1.807) is 13.0 Å². The van der Waals surface area contributed by atoms with Gasteiger partial charge in [0.05, 0.1) is 6.61 Å². The van der Waals surface area contributed by atoms with Gasteiger partial charge >= 0.3 is 0 Å². The second-order valence-corrected chi connectivity index (χ2v) is 6.14. The van der Waals surface area contributed by atoms with E-state index in [-0.39, 0.29) is 25.5 Å². The zero-order chi connectivity index (χ0) is 17.7. The van der Waals surface area contributed by atoms with Crippen molar-refractivity contribution in [2.75, 3.05) is 19.7 Å². The zero-order valence-corrected chi connectivity index (χ0v) is 14.4. The summed E-state index contributed by atoms with van der Waals surface area (Å²) in [4.78, 5) is 23.5. The summed E-state index contributed by atoms with van der Waals surface area (Å²) in [5.41, 5.74) is -0.916. The third-order valence-electron chi connectivity index (χ3n) is 3.94. The number of rotatable bonds is 13. The van der Waals surface area contributed by atoms with Gasteiger partial charge in [-0.2, -0.15) is 0 Å². The van der Waals surface area contributed by atoms with Crippen LogP contribution in [0.4, 0.5) is 0 Å². The van der Waals surface area contributed by atoms with Crippen molar-refractivity contribution in [3.8, 4) is 0 Å². The first kappa shape index (κ1) is 21.6. The Bertz CT molecular complexity index is 374. The summed E-state index contributed by atoms with van der Waals surface area (Å²) >= 11 is 0. The molecule has 0 saturated heterocycles. The maximum absolute atomic E-state index is 12.0. The maximum atomic E-state index is 12.0. The lowest BCUT2D eigenvalue weighted by molar-refractivity contribution is -0.138. The second kappa shape index (κ2) is 12.1. The van der Waals surface area contributed by atoms with Gasteiger partial charge in [-0.1, -0.05) is 32.8 Å². The lowest BCUT2D eigenvalue weighted by Crippen LogP contribution is -2.47. The smallest absolute Gasteiger partial charge is 0.249 e. The highest BCUT2D eigenvalue weighted by Gasteiger charge is 2.36. The van der Waals surface area contributed by atoms with Crippen molar-refractivity contribution < 1.29 is 19.8 Å². The molecule has 6 nitrogen and oxygen atoms in total. The van der Waals surface area contributed by atoms with Gasteiger partial charge in [-0.05, 0) is 19.3 Å². The Labute approximate surface area is 139 Å². The first-order chi connectivity index (χ1) is 10.9. The molecule has 0 aromatic heterocycles. The van der Waals surface area contributed by atoms with Gasteiger partial charge in [0.2, 0.25) is 11.8 Å². The van der Waals surface area contributed by atoms with Crippen LogP contribution in [0.2, 0.25) is 0 Å². The van der Waals surface area contributed by atoms with E-state index in [2.05, 4.69) is 24.1 Å². The molecule has 2 atom stereocenters. The molecule has 6 heteroatoms. The Morgan fingerprint density at radius 3 is 2.52 bits per heavy atom. The molecule has 0 heterocycles. The Kier molecular flexibility index (Phi) is 11.3. The molecule has 0 unspecified atom stereocenters. The maximum Gasteiger partial charge on any atom is 0.249 e. The van der Waals surface area contributed by atoms with Crippen LogP contribution in [0, 0.1) is 5.41 Å². The average Bonchev–Trinajstić information content (AvgIpc) is 2.55. The minimum Gasteiger partial charge on any atom is -0.396 e. The van der Waals surface area contributed by atoms with E-state index in [1.165, 1.54) is 0 Å². The van der Waals surface area contributed by atoms with Gasteiger partial charge in [-0.3, -0.25) is 9.59 Å². The average molecular weight is 328 g/mol. The molecule has 0 aromatic carbocycles. The predicted octanol–water partition coefficient (Wildman–Crippen LogP) is 1.12. The van der Waals surface area contributed by atoms with Crippen LogP contribution in [0.5, 0.6) is 0 Å². The molecule has 0 bridgehead atoms. The zero-order valence-electron chi connectivity index (χ0n) is 14.4. The molecular formula is C17H32N2O4. The molecule has 0 aliphatic carbocycles. The molecule has 134 valence electrons. The number of carbonyl (C=O) groups is 2. The quantitative estimate of drug-likeness (QED) is 0.301. The highest BCUT2D eigenvalue weighted by molar-refractivity contribution is 5.82. The fourth-order valence-electron chi connectivity index (χ4n) is 2.14. The lowest BCUT2D eigenvalue weighted by atomic mass is 9.80. The van der Waals surface area contributed by atoms with Crippen molar-refractivity contribution in [2.45, 2.75) is 58.5 Å². The number of aliphatic hydroxyl groups excluding tert-OH is 2. The Hall–Kier alpha value is -1.40. The number of hydrogen-bond donors (Lipinski definition) is 4. The summed E-state index contributed by atoms with van der Waals surface area (Å²) in [7, 11) is 0. The fraction of sp³-hybridized carbons (Fsp3) is 0.765. The van der Waals surface area contributed by atoms with Crippen molar-refractivity contribution in [1.29, 1.82) is 0 Å². The number of unbranched alkanes of at least 4 members (excludes halogenated alkanes) is 2. The summed E-state index contributed by atoms with van der Waals surface area (Å²) in [6, 6.07) is 0. The van der Waals surface area contributed by atoms with Crippen LogP contribution in [-0.2, 0) is 9.59 Å². The largest absolute Gasteiger partial charge is 0.396 e. The number of amides is 2. The van der Waals surface area contributed by atoms with E-state index >= 15 is 0 Å². The molecule has 23 heavy (non-hydrogen) atoms. The van der Waals surface area contributed by atoms with E-state index in [0.29, 0.717) is 19.4 Å². The van der Waals surface area contributed by atoms with Gasteiger partial charge < -0.3 is 20.8 Å². The standard InChI is InChI=1S/C17H32N2O4/c1-4-6-8-11-18-14(21)9-12-19-16(23)15(22)17(3,13-20)10-7-5-2/h5,15,20,22H,2,4,6-13H2,1,3H3,(H,18,21)(H,19,23)/t15-,17+/m0/s1. The molecule has 0 rings (SSSR count). The van der Waals surface area contributed by atoms with Crippen molar-refractivity contribution in [3.05, 3.63) is 12.7 Å².